The number of fused-ring (bicyclic) bond motifs is 3. The molecule has 1 aliphatic rings. The molecule has 3 aromatic carbocycles. The predicted molar refractivity (Wildman–Crippen MR) is 126 cm³/mol. The summed E-state index contributed by atoms with van der Waals surface area (Å²) in [6.45, 7) is 0.0130. The third kappa shape index (κ3) is 5.72. The molecule has 1 aliphatic carbocycles. The number of nitrogens with one attached hydrogen (secondary N) is 1. The van der Waals surface area contributed by atoms with E-state index in [0.29, 0.717) is 0 Å². The number of ether oxygens (including phenoxy) is 2. The van der Waals surface area contributed by atoms with E-state index in [1.807, 2.05) is 48.5 Å². The number of alkyl halides is 3. The highest BCUT2D eigenvalue weighted by Crippen LogP contribution is 2.44. The first-order chi connectivity index (χ1) is 17.1. The Kier molecular flexibility index (Phi) is 7.37. The Morgan fingerprint density at radius 2 is 1.61 bits per heavy atom. The number of hydrogen-bond donors (Lipinski definition) is 4. The molecule has 0 fully saturated rings. The maximum absolute atomic E-state index is 12.7. The van der Waals surface area contributed by atoms with Crippen molar-refractivity contribution in [3.05, 3.63) is 83.4 Å². The Balaban J connectivity index is 1.31. The second-order valence-electron chi connectivity index (χ2n) is 8.40. The molecule has 3 aromatic rings. The van der Waals surface area contributed by atoms with E-state index in [-0.39, 0.29) is 36.7 Å². The number of anilines is 1. The summed E-state index contributed by atoms with van der Waals surface area (Å²) < 4.78 is 47.3. The van der Waals surface area contributed by atoms with E-state index in [1.165, 1.54) is 6.07 Å². The quantitative estimate of drug-likeness (QED) is 0.338. The average molecular weight is 502 g/mol. The number of hydrogen-bond acceptors (Lipinski definition) is 6. The maximum Gasteiger partial charge on any atom is 0.573 e. The molecule has 2 atom stereocenters. The van der Waals surface area contributed by atoms with Crippen LogP contribution in [0.2, 0.25) is 0 Å². The highest BCUT2D eigenvalue weighted by atomic mass is 19.4. The fraction of sp³-hybridized carbons (Fsp3) is 0.269. The van der Waals surface area contributed by atoms with Crippen LogP contribution in [-0.2, 0) is 4.74 Å². The van der Waals surface area contributed by atoms with Crippen LogP contribution in [0.25, 0.3) is 11.1 Å². The highest BCUT2D eigenvalue weighted by Gasteiger charge is 2.34. The molecule has 0 bridgehead atoms. The van der Waals surface area contributed by atoms with E-state index in [0.717, 1.165) is 34.4 Å². The van der Waals surface area contributed by atoms with Gasteiger partial charge in [-0.15, -0.1) is 13.2 Å². The minimum atomic E-state index is -4.98. The standard InChI is InChI=1S/C26H25F3N2O5/c27-26(28,29)36-23-10-9-15(30)13-20(23)24(33)22(32)11-12-31-25(34)35-14-21-18-7-3-1-5-16(18)17-6-2-4-8-19(17)21/h1-10,13,21-22,24,32-33H,11-12,14,30H2,(H,31,34). The normalized spacial score (nSPS) is 14.5. The van der Waals surface area contributed by atoms with Gasteiger partial charge in [0.15, 0.2) is 0 Å². The van der Waals surface area contributed by atoms with Gasteiger partial charge in [0, 0.05) is 23.7 Å². The molecule has 1 amide bonds. The van der Waals surface area contributed by atoms with E-state index >= 15 is 0 Å². The first-order valence-corrected chi connectivity index (χ1v) is 11.2. The molecule has 0 saturated carbocycles. The molecular formula is C26H25F3N2O5. The molecule has 190 valence electrons. The second-order valence-corrected chi connectivity index (χ2v) is 8.40. The molecule has 36 heavy (non-hydrogen) atoms. The predicted octanol–water partition coefficient (Wildman–Crippen LogP) is 4.49. The molecule has 0 aromatic heterocycles. The zero-order chi connectivity index (χ0) is 25.9. The molecule has 0 aliphatic heterocycles. The summed E-state index contributed by atoms with van der Waals surface area (Å²) in [5, 5.41) is 23.2. The molecule has 2 unspecified atom stereocenters. The molecule has 0 spiro atoms. The van der Waals surface area contributed by atoms with E-state index in [4.69, 9.17) is 10.5 Å². The van der Waals surface area contributed by atoms with Crippen molar-refractivity contribution in [2.75, 3.05) is 18.9 Å². The van der Waals surface area contributed by atoms with Gasteiger partial charge in [-0.25, -0.2) is 4.79 Å². The Bertz CT molecular complexity index is 1190. The summed E-state index contributed by atoms with van der Waals surface area (Å²) in [6, 6.07) is 19.0. The lowest BCUT2D eigenvalue weighted by atomic mass is 9.98. The number of amides is 1. The number of halogens is 3. The molecule has 0 radical (unpaired) electrons. The molecular weight excluding hydrogens is 477 g/mol. The zero-order valence-corrected chi connectivity index (χ0v) is 19.0. The van der Waals surface area contributed by atoms with Crippen molar-refractivity contribution in [2.45, 2.75) is 30.9 Å². The van der Waals surface area contributed by atoms with Crippen molar-refractivity contribution >= 4 is 11.8 Å². The van der Waals surface area contributed by atoms with Crippen LogP contribution in [0.5, 0.6) is 5.75 Å². The number of carbonyl (C=O) groups excluding carboxylic acids is 1. The summed E-state index contributed by atoms with van der Waals surface area (Å²) in [6.07, 6.45) is -9.10. The first kappa shape index (κ1) is 25.3. The number of carbonyl (C=O) groups is 1. The third-order valence-electron chi connectivity index (χ3n) is 6.00. The van der Waals surface area contributed by atoms with Crippen LogP contribution < -0.4 is 15.8 Å². The lowest BCUT2D eigenvalue weighted by molar-refractivity contribution is -0.275. The van der Waals surface area contributed by atoms with Gasteiger partial charge < -0.3 is 30.7 Å². The van der Waals surface area contributed by atoms with E-state index < -0.39 is 30.4 Å². The smallest absolute Gasteiger partial charge is 0.449 e. The van der Waals surface area contributed by atoms with Crippen LogP contribution in [0, 0.1) is 0 Å². The summed E-state index contributed by atoms with van der Waals surface area (Å²) in [5.41, 5.74) is 9.68. The second kappa shape index (κ2) is 10.5. The van der Waals surface area contributed by atoms with E-state index in [2.05, 4.69) is 10.1 Å². The Morgan fingerprint density at radius 1 is 1.00 bits per heavy atom. The largest absolute Gasteiger partial charge is 0.573 e. The maximum atomic E-state index is 12.7. The van der Waals surface area contributed by atoms with Gasteiger partial charge >= 0.3 is 12.5 Å². The summed E-state index contributed by atoms with van der Waals surface area (Å²) in [4.78, 5) is 12.3. The third-order valence-corrected chi connectivity index (χ3v) is 6.00. The van der Waals surface area contributed by atoms with Gasteiger partial charge in [-0.1, -0.05) is 48.5 Å². The zero-order valence-electron chi connectivity index (χ0n) is 19.0. The van der Waals surface area contributed by atoms with Crippen molar-refractivity contribution in [3.63, 3.8) is 0 Å². The molecule has 10 heteroatoms. The van der Waals surface area contributed by atoms with Crippen molar-refractivity contribution in [1.29, 1.82) is 0 Å². The number of alkyl carbamates (subject to hydrolysis) is 1. The molecule has 5 N–H and O–H groups in total. The van der Waals surface area contributed by atoms with Crippen LogP contribution in [0.4, 0.5) is 23.7 Å². The lowest BCUT2D eigenvalue weighted by Gasteiger charge is -2.22. The van der Waals surface area contributed by atoms with Gasteiger partial charge in [0.25, 0.3) is 0 Å². The number of rotatable bonds is 8. The van der Waals surface area contributed by atoms with Gasteiger partial charge in [-0.2, -0.15) is 0 Å². The van der Waals surface area contributed by atoms with Crippen LogP contribution in [0.15, 0.2) is 66.7 Å². The van der Waals surface area contributed by atoms with Gasteiger partial charge in [0.2, 0.25) is 0 Å². The fourth-order valence-electron chi connectivity index (χ4n) is 4.35. The topological polar surface area (TPSA) is 114 Å². The van der Waals surface area contributed by atoms with Crippen LogP contribution in [-0.4, -0.2) is 41.9 Å². The lowest BCUT2D eigenvalue weighted by Crippen LogP contribution is -2.31. The van der Waals surface area contributed by atoms with Crippen LogP contribution >= 0.6 is 0 Å². The van der Waals surface area contributed by atoms with Crippen molar-refractivity contribution < 1.29 is 37.7 Å². The molecule has 0 saturated heterocycles. The summed E-state index contributed by atoms with van der Waals surface area (Å²) >= 11 is 0. The van der Waals surface area contributed by atoms with Gasteiger partial charge in [-0.3, -0.25) is 0 Å². The molecule has 0 heterocycles. The number of benzene rings is 3. The Labute approximate surface area is 205 Å². The van der Waals surface area contributed by atoms with Crippen LogP contribution in [0.3, 0.4) is 0 Å². The first-order valence-electron chi connectivity index (χ1n) is 11.2. The van der Waals surface area contributed by atoms with E-state index in [1.54, 1.807) is 0 Å². The molecule has 7 nitrogen and oxygen atoms in total. The number of aliphatic hydroxyl groups excluding tert-OH is 2. The summed E-state index contributed by atoms with van der Waals surface area (Å²) in [5.74, 6) is -0.793. The SMILES string of the molecule is Nc1ccc(OC(F)(F)F)c(C(O)C(O)CCNC(=O)OCC2c3ccccc3-c3ccccc32)c1. The van der Waals surface area contributed by atoms with Crippen molar-refractivity contribution in [1.82, 2.24) is 5.32 Å². The minimum absolute atomic E-state index is 0.0857. The number of aliphatic hydroxyl groups is 2. The van der Waals surface area contributed by atoms with Gasteiger partial charge in [0.05, 0.1) is 6.10 Å². The van der Waals surface area contributed by atoms with Gasteiger partial charge in [-0.05, 0) is 46.9 Å². The van der Waals surface area contributed by atoms with Crippen LogP contribution in [0.1, 0.15) is 35.1 Å². The van der Waals surface area contributed by atoms with Gasteiger partial charge in [0.1, 0.15) is 18.5 Å². The fourth-order valence-corrected chi connectivity index (χ4v) is 4.35. The Morgan fingerprint density at radius 3 is 2.22 bits per heavy atom. The van der Waals surface area contributed by atoms with E-state index in [9.17, 15) is 28.2 Å². The summed E-state index contributed by atoms with van der Waals surface area (Å²) in [7, 11) is 0. The molecule has 4 rings (SSSR count). The Hall–Kier alpha value is -3.76. The van der Waals surface area contributed by atoms with Crippen molar-refractivity contribution in [2.24, 2.45) is 0 Å². The number of nitrogens with two attached hydrogens (primary N) is 1. The van der Waals surface area contributed by atoms with Crippen molar-refractivity contribution in [3.8, 4) is 16.9 Å². The number of nitrogen functional groups attached to an aromatic ring is 1. The monoisotopic (exact) mass is 502 g/mol. The highest BCUT2D eigenvalue weighted by molar-refractivity contribution is 5.79. The minimum Gasteiger partial charge on any atom is -0.449 e. The average Bonchev–Trinajstić information content (AvgIpc) is 3.16.